The Labute approximate surface area is 106 Å². The first-order chi connectivity index (χ1) is 7.65. The van der Waals surface area contributed by atoms with Crippen LogP contribution in [0.2, 0.25) is 5.22 Å². The van der Waals surface area contributed by atoms with Crippen LogP contribution in [0.15, 0.2) is 39.2 Å². The number of benzene rings is 1. The zero-order valence-corrected chi connectivity index (χ0v) is 10.5. The van der Waals surface area contributed by atoms with Gasteiger partial charge in [0.25, 0.3) is 0 Å². The van der Waals surface area contributed by atoms with Crippen molar-refractivity contribution >= 4 is 33.2 Å². The minimum atomic E-state index is -0.289. The number of anilines is 1. The lowest BCUT2D eigenvalue weighted by Gasteiger charge is -2.06. The lowest BCUT2D eigenvalue weighted by Crippen LogP contribution is -1.99. The lowest BCUT2D eigenvalue weighted by atomic mass is 10.3. The summed E-state index contributed by atoms with van der Waals surface area (Å²) in [7, 11) is 0. The normalized spacial score (nSPS) is 10.4. The highest BCUT2D eigenvalue weighted by molar-refractivity contribution is 9.10. The summed E-state index contributed by atoms with van der Waals surface area (Å²) in [6.45, 7) is 0.453. The third-order valence-electron chi connectivity index (χ3n) is 2.01. The minimum Gasteiger partial charge on any atom is -0.448 e. The molecule has 0 spiro atoms. The molecule has 0 saturated carbocycles. The number of hydrogen-bond acceptors (Lipinski definition) is 2. The van der Waals surface area contributed by atoms with Crippen molar-refractivity contribution in [2.24, 2.45) is 0 Å². The van der Waals surface area contributed by atoms with Crippen LogP contribution < -0.4 is 5.32 Å². The van der Waals surface area contributed by atoms with Gasteiger partial charge in [0.15, 0.2) is 5.22 Å². The molecule has 2 rings (SSSR count). The number of hydrogen-bond donors (Lipinski definition) is 1. The summed E-state index contributed by atoms with van der Waals surface area (Å²) in [4.78, 5) is 0. The van der Waals surface area contributed by atoms with Crippen LogP contribution in [0.3, 0.4) is 0 Å². The van der Waals surface area contributed by atoms with Gasteiger partial charge in [-0.2, -0.15) is 0 Å². The Morgan fingerprint density at radius 3 is 2.81 bits per heavy atom. The van der Waals surface area contributed by atoms with Gasteiger partial charge >= 0.3 is 0 Å². The molecule has 0 unspecified atom stereocenters. The van der Waals surface area contributed by atoms with Gasteiger partial charge < -0.3 is 9.73 Å². The first kappa shape index (κ1) is 11.5. The van der Waals surface area contributed by atoms with Gasteiger partial charge in [0.05, 0.1) is 12.2 Å². The van der Waals surface area contributed by atoms with Gasteiger partial charge in [0, 0.05) is 4.47 Å². The van der Waals surface area contributed by atoms with Crippen molar-refractivity contribution in [1.82, 2.24) is 0 Å². The molecule has 0 aliphatic carbocycles. The molecule has 2 nitrogen and oxygen atoms in total. The van der Waals surface area contributed by atoms with Crippen LogP contribution in [0.5, 0.6) is 0 Å². The summed E-state index contributed by atoms with van der Waals surface area (Å²) in [5.41, 5.74) is 0.674. The van der Waals surface area contributed by atoms with Crippen LogP contribution in [0.25, 0.3) is 0 Å². The van der Waals surface area contributed by atoms with E-state index in [1.807, 2.05) is 0 Å². The molecule has 0 atom stereocenters. The fourth-order valence-corrected chi connectivity index (χ4v) is 1.81. The number of halogens is 3. The third kappa shape index (κ3) is 2.77. The van der Waals surface area contributed by atoms with Crippen LogP contribution in [-0.2, 0) is 6.54 Å². The molecule has 0 saturated heterocycles. The molecule has 1 aromatic heterocycles. The Morgan fingerprint density at radius 1 is 1.31 bits per heavy atom. The Kier molecular flexibility index (Phi) is 3.51. The molecule has 16 heavy (non-hydrogen) atoms. The van der Waals surface area contributed by atoms with Gasteiger partial charge in [0.1, 0.15) is 11.6 Å². The van der Waals surface area contributed by atoms with Crippen LogP contribution in [0.1, 0.15) is 5.76 Å². The van der Waals surface area contributed by atoms with E-state index in [2.05, 4.69) is 21.2 Å². The quantitative estimate of drug-likeness (QED) is 0.906. The molecule has 0 bridgehead atoms. The highest BCUT2D eigenvalue weighted by Crippen LogP contribution is 2.24. The maximum Gasteiger partial charge on any atom is 0.193 e. The molecule has 1 N–H and O–H groups in total. The van der Waals surface area contributed by atoms with E-state index in [0.717, 1.165) is 4.47 Å². The predicted molar refractivity (Wildman–Crippen MR) is 65.1 cm³/mol. The van der Waals surface area contributed by atoms with Crippen LogP contribution in [-0.4, -0.2) is 0 Å². The van der Waals surface area contributed by atoms with E-state index >= 15 is 0 Å². The van der Waals surface area contributed by atoms with E-state index in [9.17, 15) is 4.39 Å². The van der Waals surface area contributed by atoms with Crippen molar-refractivity contribution < 1.29 is 8.81 Å². The summed E-state index contributed by atoms with van der Waals surface area (Å²) in [5.74, 6) is 0.407. The van der Waals surface area contributed by atoms with E-state index in [0.29, 0.717) is 23.2 Å². The Balaban J connectivity index is 2.07. The minimum absolute atomic E-state index is 0.289. The van der Waals surface area contributed by atoms with Gasteiger partial charge in [-0.05, 0) is 57.9 Å². The van der Waals surface area contributed by atoms with Gasteiger partial charge in [0.2, 0.25) is 0 Å². The SMILES string of the molecule is Fc1ccc(Br)c(NCc2ccc(Cl)o2)c1. The summed E-state index contributed by atoms with van der Waals surface area (Å²) < 4.78 is 18.9. The van der Waals surface area contributed by atoms with Gasteiger partial charge in [-0.15, -0.1) is 0 Å². The summed E-state index contributed by atoms with van der Waals surface area (Å²) in [5, 5.41) is 3.39. The van der Waals surface area contributed by atoms with Crippen molar-refractivity contribution in [3.63, 3.8) is 0 Å². The van der Waals surface area contributed by atoms with E-state index < -0.39 is 0 Å². The molecule has 1 heterocycles. The molecule has 0 aliphatic rings. The van der Waals surface area contributed by atoms with Gasteiger partial charge in [-0.3, -0.25) is 0 Å². The maximum atomic E-state index is 13.0. The molecule has 84 valence electrons. The number of furan rings is 1. The van der Waals surface area contributed by atoms with Crippen LogP contribution >= 0.6 is 27.5 Å². The van der Waals surface area contributed by atoms with Gasteiger partial charge in [-0.1, -0.05) is 0 Å². The van der Waals surface area contributed by atoms with E-state index in [1.165, 1.54) is 12.1 Å². The maximum absolute atomic E-state index is 13.0. The molecule has 0 fully saturated rings. The molecule has 1 aromatic carbocycles. The monoisotopic (exact) mass is 303 g/mol. The fraction of sp³-hybridized carbons (Fsp3) is 0.0909. The second-order valence-electron chi connectivity index (χ2n) is 3.18. The first-order valence-electron chi connectivity index (χ1n) is 4.58. The van der Waals surface area contributed by atoms with E-state index in [1.54, 1.807) is 18.2 Å². The third-order valence-corrected chi connectivity index (χ3v) is 2.90. The van der Waals surface area contributed by atoms with Crippen molar-refractivity contribution in [3.05, 3.63) is 51.6 Å². The highest BCUT2D eigenvalue weighted by atomic mass is 79.9. The zero-order valence-electron chi connectivity index (χ0n) is 8.14. The average Bonchev–Trinajstić information content (AvgIpc) is 2.66. The largest absolute Gasteiger partial charge is 0.448 e. The predicted octanol–water partition coefficient (Wildman–Crippen LogP) is 4.45. The molecule has 0 amide bonds. The molecular formula is C11H8BrClFNO. The fourth-order valence-electron chi connectivity index (χ4n) is 1.26. The summed E-state index contributed by atoms with van der Waals surface area (Å²) in [6, 6.07) is 7.88. The second-order valence-corrected chi connectivity index (χ2v) is 4.41. The standard InChI is InChI=1S/C11H8BrClFNO/c12-9-3-1-7(14)5-10(9)15-6-8-2-4-11(13)16-8/h1-5,15H,6H2. The summed E-state index contributed by atoms with van der Waals surface area (Å²) >= 11 is 8.96. The Hall–Kier alpha value is -1.00. The lowest BCUT2D eigenvalue weighted by molar-refractivity contribution is 0.520. The second kappa shape index (κ2) is 4.89. The molecule has 2 aromatic rings. The topological polar surface area (TPSA) is 25.2 Å². The zero-order chi connectivity index (χ0) is 11.5. The Morgan fingerprint density at radius 2 is 2.12 bits per heavy atom. The van der Waals surface area contributed by atoms with Crippen molar-refractivity contribution in [2.45, 2.75) is 6.54 Å². The number of nitrogens with one attached hydrogen (secondary N) is 1. The smallest absolute Gasteiger partial charge is 0.193 e. The van der Waals surface area contributed by atoms with Crippen LogP contribution in [0, 0.1) is 5.82 Å². The number of rotatable bonds is 3. The van der Waals surface area contributed by atoms with Crippen molar-refractivity contribution in [1.29, 1.82) is 0 Å². The van der Waals surface area contributed by atoms with E-state index in [-0.39, 0.29) is 5.82 Å². The molecular weight excluding hydrogens is 296 g/mol. The first-order valence-corrected chi connectivity index (χ1v) is 5.75. The van der Waals surface area contributed by atoms with Crippen molar-refractivity contribution in [2.75, 3.05) is 5.32 Å². The van der Waals surface area contributed by atoms with Crippen molar-refractivity contribution in [3.8, 4) is 0 Å². The van der Waals surface area contributed by atoms with Crippen LogP contribution in [0.4, 0.5) is 10.1 Å². The highest BCUT2D eigenvalue weighted by Gasteiger charge is 2.03. The molecule has 5 heteroatoms. The van der Waals surface area contributed by atoms with E-state index in [4.69, 9.17) is 16.0 Å². The molecule has 0 aliphatic heterocycles. The van der Waals surface area contributed by atoms with Gasteiger partial charge in [-0.25, -0.2) is 4.39 Å². The Bertz CT molecular complexity index is 500. The molecule has 0 radical (unpaired) electrons. The summed E-state index contributed by atoms with van der Waals surface area (Å²) in [6.07, 6.45) is 0. The average molecular weight is 305 g/mol.